The van der Waals surface area contributed by atoms with Crippen LogP contribution in [0.2, 0.25) is 0 Å². The third kappa shape index (κ3) is 1.49. The van der Waals surface area contributed by atoms with Crippen LogP contribution in [0.15, 0.2) is 29.3 Å². The minimum Gasteiger partial charge on any atom is -0.399 e. The molecule has 0 unspecified atom stereocenters. The molecule has 1 aliphatic heterocycles. The summed E-state index contributed by atoms with van der Waals surface area (Å²) in [5.41, 5.74) is 7.65. The Hall–Kier alpha value is -1.51. The second-order valence-electron chi connectivity index (χ2n) is 3.18. The van der Waals surface area contributed by atoms with Crippen molar-refractivity contribution in [3.8, 4) is 0 Å². The van der Waals surface area contributed by atoms with Crippen LogP contribution in [0.5, 0.6) is 0 Å². The minimum absolute atomic E-state index is 0.803. The van der Waals surface area contributed by atoms with E-state index in [-0.39, 0.29) is 0 Å². The first-order valence-corrected chi connectivity index (χ1v) is 4.41. The molecule has 1 aromatic carbocycles. The number of anilines is 2. The molecule has 3 nitrogen and oxygen atoms in total. The molecule has 0 bridgehead atoms. The smallest absolute Gasteiger partial charge is 0.100 e. The summed E-state index contributed by atoms with van der Waals surface area (Å²) in [6.07, 6.45) is 0. The summed E-state index contributed by atoms with van der Waals surface area (Å²) >= 11 is 0. The summed E-state index contributed by atoms with van der Waals surface area (Å²) < 4.78 is 0. The van der Waals surface area contributed by atoms with Crippen LogP contribution in [0.4, 0.5) is 11.4 Å². The van der Waals surface area contributed by atoms with Gasteiger partial charge in [0.1, 0.15) is 5.84 Å². The van der Waals surface area contributed by atoms with Gasteiger partial charge < -0.3 is 10.6 Å². The number of nitrogens with zero attached hydrogens (tertiary/aromatic N) is 2. The largest absolute Gasteiger partial charge is 0.399 e. The highest BCUT2D eigenvalue weighted by molar-refractivity contribution is 5.97. The van der Waals surface area contributed by atoms with Crippen molar-refractivity contribution in [1.29, 1.82) is 0 Å². The molecule has 13 heavy (non-hydrogen) atoms. The number of hydrogen-bond acceptors (Lipinski definition) is 3. The highest BCUT2D eigenvalue weighted by Gasteiger charge is 2.13. The van der Waals surface area contributed by atoms with E-state index in [1.54, 1.807) is 0 Å². The summed E-state index contributed by atoms with van der Waals surface area (Å²) in [5, 5.41) is 0. The molecule has 1 aromatic rings. The van der Waals surface area contributed by atoms with Gasteiger partial charge in [0, 0.05) is 17.9 Å². The average Bonchev–Trinajstić information content (AvgIpc) is 2.51. The van der Waals surface area contributed by atoms with Crippen molar-refractivity contribution in [2.24, 2.45) is 4.99 Å². The van der Waals surface area contributed by atoms with Crippen molar-refractivity contribution >= 4 is 17.2 Å². The Morgan fingerprint density at radius 1 is 1.46 bits per heavy atom. The molecule has 68 valence electrons. The van der Waals surface area contributed by atoms with Crippen molar-refractivity contribution < 1.29 is 0 Å². The lowest BCUT2D eigenvalue weighted by atomic mass is 10.2. The van der Waals surface area contributed by atoms with E-state index in [0.717, 1.165) is 30.3 Å². The standard InChI is InChI=1S/C10H13N3/c1-8-12-5-6-13(8)10-4-2-3-9(11)7-10/h2-4,7H,5-6,11H2,1H3. The normalized spacial score (nSPS) is 16.1. The molecule has 3 heteroatoms. The molecule has 0 aromatic heterocycles. The van der Waals surface area contributed by atoms with Crippen molar-refractivity contribution in [2.45, 2.75) is 6.92 Å². The molecule has 0 saturated heterocycles. The van der Waals surface area contributed by atoms with Gasteiger partial charge in [-0.2, -0.15) is 0 Å². The Balaban J connectivity index is 2.30. The van der Waals surface area contributed by atoms with Gasteiger partial charge >= 0.3 is 0 Å². The van der Waals surface area contributed by atoms with E-state index in [4.69, 9.17) is 5.73 Å². The van der Waals surface area contributed by atoms with Gasteiger partial charge in [-0.25, -0.2) is 0 Å². The first-order valence-electron chi connectivity index (χ1n) is 4.41. The number of nitrogens with two attached hydrogens (primary N) is 1. The highest BCUT2D eigenvalue weighted by Crippen LogP contribution is 2.19. The first kappa shape index (κ1) is 8.10. The van der Waals surface area contributed by atoms with E-state index in [1.165, 1.54) is 0 Å². The van der Waals surface area contributed by atoms with Gasteiger partial charge in [-0.3, -0.25) is 4.99 Å². The molecule has 0 spiro atoms. The zero-order valence-corrected chi connectivity index (χ0v) is 7.70. The van der Waals surface area contributed by atoms with Gasteiger partial charge in [0.25, 0.3) is 0 Å². The zero-order valence-electron chi connectivity index (χ0n) is 7.70. The molecular weight excluding hydrogens is 162 g/mol. The summed E-state index contributed by atoms with van der Waals surface area (Å²) in [6.45, 7) is 3.88. The fourth-order valence-corrected chi connectivity index (χ4v) is 1.57. The van der Waals surface area contributed by atoms with Gasteiger partial charge in [-0.05, 0) is 25.1 Å². The fraction of sp³-hybridized carbons (Fsp3) is 0.300. The lowest BCUT2D eigenvalue weighted by Gasteiger charge is -2.18. The van der Waals surface area contributed by atoms with E-state index >= 15 is 0 Å². The van der Waals surface area contributed by atoms with Gasteiger partial charge in [0.15, 0.2) is 0 Å². The van der Waals surface area contributed by atoms with Crippen molar-refractivity contribution in [3.05, 3.63) is 24.3 Å². The summed E-state index contributed by atoms with van der Waals surface area (Å²) in [4.78, 5) is 6.50. The molecule has 0 atom stereocenters. The Morgan fingerprint density at radius 2 is 2.31 bits per heavy atom. The van der Waals surface area contributed by atoms with Crippen molar-refractivity contribution in [3.63, 3.8) is 0 Å². The minimum atomic E-state index is 0.803. The number of nitrogen functional groups attached to an aromatic ring is 1. The van der Waals surface area contributed by atoms with Crippen LogP contribution in [0.25, 0.3) is 0 Å². The van der Waals surface area contributed by atoms with Crippen LogP contribution >= 0.6 is 0 Å². The lowest BCUT2D eigenvalue weighted by molar-refractivity contribution is 1.02. The maximum Gasteiger partial charge on any atom is 0.100 e. The molecule has 0 fully saturated rings. The number of hydrogen-bond donors (Lipinski definition) is 1. The number of rotatable bonds is 1. The quantitative estimate of drug-likeness (QED) is 0.657. The lowest BCUT2D eigenvalue weighted by Crippen LogP contribution is -2.24. The predicted molar refractivity (Wildman–Crippen MR) is 56.2 cm³/mol. The van der Waals surface area contributed by atoms with Crippen LogP contribution < -0.4 is 10.6 Å². The van der Waals surface area contributed by atoms with E-state index in [2.05, 4.69) is 16.0 Å². The predicted octanol–water partition coefficient (Wildman–Crippen LogP) is 1.51. The monoisotopic (exact) mass is 175 g/mol. The Bertz CT molecular complexity index is 344. The highest BCUT2D eigenvalue weighted by atomic mass is 15.2. The molecule has 0 amide bonds. The number of benzene rings is 1. The number of amidine groups is 1. The topological polar surface area (TPSA) is 41.6 Å². The summed E-state index contributed by atoms with van der Waals surface area (Å²) in [5.74, 6) is 1.07. The van der Waals surface area contributed by atoms with Gasteiger partial charge in [-0.15, -0.1) is 0 Å². The molecule has 1 aliphatic rings. The van der Waals surface area contributed by atoms with Crippen molar-refractivity contribution in [1.82, 2.24) is 0 Å². The van der Waals surface area contributed by atoms with Gasteiger partial charge in [-0.1, -0.05) is 6.07 Å². The fourth-order valence-electron chi connectivity index (χ4n) is 1.57. The summed E-state index contributed by atoms with van der Waals surface area (Å²) in [6, 6.07) is 7.90. The Labute approximate surface area is 77.9 Å². The maximum absolute atomic E-state index is 5.71. The van der Waals surface area contributed by atoms with Crippen LogP contribution in [-0.4, -0.2) is 18.9 Å². The van der Waals surface area contributed by atoms with E-state index in [9.17, 15) is 0 Å². The molecule has 0 radical (unpaired) electrons. The Kier molecular flexibility index (Phi) is 1.93. The summed E-state index contributed by atoms with van der Waals surface area (Å²) in [7, 11) is 0. The van der Waals surface area contributed by atoms with E-state index < -0.39 is 0 Å². The third-order valence-electron chi connectivity index (χ3n) is 2.24. The molecule has 0 saturated carbocycles. The first-order chi connectivity index (χ1) is 6.27. The molecule has 2 N–H and O–H groups in total. The molecule has 1 heterocycles. The molecule has 2 rings (SSSR count). The van der Waals surface area contributed by atoms with Crippen molar-refractivity contribution in [2.75, 3.05) is 23.7 Å². The van der Waals surface area contributed by atoms with Crippen LogP contribution in [0.3, 0.4) is 0 Å². The second-order valence-corrected chi connectivity index (χ2v) is 3.18. The van der Waals surface area contributed by atoms with Crippen LogP contribution in [0, 0.1) is 0 Å². The number of aliphatic imine (C=N–C) groups is 1. The van der Waals surface area contributed by atoms with Crippen LogP contribution in [-0.2, 0) is 0 Å². The molecular formula is C10H13N3. The average molecular weight is 175 g/mol. The Morgan fingerprint density at radius 3 is 2.92 bits per heavy atom. The molecule has 0 aliphatic carbocycles. The zero-order chi connectivity index (χ0) is 9.26. The van der Waals surface area contributed by atoms with Gasteiger partial charge in [0.05, 0.1) is 6.54 Å². The van der Waals surface area contributed by atoms with Crippen LogP contribution in [0.1, 0.15) is 6.92 Å². The maximum atomic E-state index is 5.71. The second kappa shape index (κ2) is 3.09. The van der Waals surface area contributed by atoms with E-state index in [1.807, 2.05) is 25.1 Å². The third-order valence-corrected chi connectivity index (χ3v) is 2.24. The SMILES string of the molecule is CC1=NCCN1c1cccc(N)c1. The van der Waals surface area contributed by atoms with E-state index in [0.29, 0.717) is 0 Å². The van der Waals surface area contributed by atoms with Gasteiger partial charge in [0.2, 0.25) is 0 Å².